The van der Waals surface area contributed by atoms with Gasteiger partial charge in [-0.05, 0) is 17.7 Å². The van der Waals surface area contributed by atoms with E-state index in [9.17, 15) is 13.2 Å². The lowest BCUT2D eigenvalue weighted by atomic mass is 10.2. The average Bonchev–Trinajstić information content (AvgIpc) is 2.28. The highest BCUT2D eigenvalue weighted by Gasteiger charge is 2.27. The molecule has 1 saturated heterocycles. The molecule has 0 spiro atoms. The second-order valence-electron chi connectivity index (χ2n) is 4.18. The predicted octanol–water partition coefficient (Wildman–Crippen LogP) is -0.470. The number of hydrogen-bond donors (Lipinski definition) is 2. The minimum Gasteiger partial charge on any atom is -0.399 e. The van der Waals surface area contributed by atoms with Crippen molar-refractivity contribution >= 4 is 21.6 Å². The Bertz CT molecular complexity index is 556. The summed E-state index contributed by atoms with van der Waals surface area (Å²) in [4.78, 5) is 11.2. The van der Waals surface area contributed by atoms with E-state index in [-0.39, 0.29) is 18.2 Å². The third-order valence-electron chi connectivity index (χ3n) is 2.70. The van der Waals surface area contributed by atoms with Crippen molar-refractivity contribution in [2.24, 2.45) is 0 Å². The van der Waals surface area contributed by atoms with Gasteiger partial charge in [0.2, 0.25) is 15.9 Å². The normalized spacial score (nSPS) is 17.4. The number of piperazine rings is 1. The van der Waals surface area contributed by atoms with E-state index in [0.29, 0.717) is 24.3 Å². The average molecular weight is 269 g/mol. The number of nitrogens with zero attached hydrogens (tertiary/aromatic N) is 1. The summed E-state index contributed by atoms with van der Waals surface area (Å²) in [5.41, 5.74) is 6.76. The summed E-state index contributed by atoms with van der Waals surface area (Å²) in [7, 11) is -3.47. The molecule has 0 saturated carbocycles. The molecule has 1 aliphatic rings. The lowest BCUT2D eigenvalue weighted by Crippen LogP contribution is -2.50. The molecule has 2 rings (SSSR count). The molecule has 18 heavy (non-hydrogen) atoms. The van der Waals surface area contributed by atoms with Crippen molar-refractivity contribution in [3.05, 3.63) is 29.8 Å². The van der Waals surface area contributed by atoms with Crippen molar-refractivity contribution in [1.82, 2.24) is 9.62 Å². The van der Waals surface area contributed by atoms with Gasteiger partial charge in [-0.1, -0.05) is 12.1 Å². The number of benzene rings is 1. The topological polar surface area (TPSA) is 92.5 Å². The summed E-state index contributed by atoms with van der Waals surface area (Å²) in [5.74, 6) is -0.400. The Balaban J connectivity index is 2.14. The number of nitrogens with two attached hydrogens (primary N) is 1. The number of anilines is 1. The lowest BCUT2D eigenvalue weighted by molar-refractivity contribution is -0.122. The molecule has 1 aliphatic heterocycles. The van der Waals surface area contributed by atoms with E-state index < -0.39 is 10.0 Å². The van der Waals surface area contributed by atoms with Gasteiger partial charge < -0.3 is 11.1 Å². The molecule has 1 aromatic rings. The zero-order valence-electron chi connectivity index (χ0n) is 9.80. The van der Waals surface area contributed by atoms with Crippen LogP contribution in [0.3, 0.4) is 0 Å². The number of sulfonamides is 1. The molecule has 1 aromatic carbocycles. The van der Waals surface area contributed by atoms with Gasteiger partial charge in [-0.3, -0.25) is 4.79 Å². The quantitative estimate of drug-likeness (QED) is 0.726. The van der Waals surface area contributed by atoms with Crippen molar-refractivity contribution < 1.29 is 13.2 Å². The first-order valence-electron chi connectivity index (χ1n) is 5.56. The smallest absolute Gasteiger partial charge is 0.235 e. The highest BCUT2D eigenvalue weighted by Crippen LogP contribution is 2.14. The van der Waals surface area contributed by atoms with Crippen LogP contribution in [0.1, 0.15) is 5.56 Å². The van der Waals surface area contributed by atoms with Crippen LogP contribution < -0.4 is 11.1 Å². The summed E-state index contributed by atoms with van der Waals surface area (Å²) in [6.07, 6.45) is 0. The number of amides is 1. The van der Waals surface area contributed by atoms with Gasteiger partial charge in [-0.2, -0.15) is 4.31 Å². The van der Waals surface area contributed by atoms with Crippen LogP contribution in [0.2, 0.25) is 0 Å². The zero-order chi connectivity index (χ0) is 13.2. The van der Waals surface area contributed by atoms with Crippen LogP contribution in [-0.4, -0.2) is 38.3 Å². The van der Waals surface area contributed by atoms with Gasteiger partial charge in [0, 0.05) is 18.8 Å². The Morgan fingerprint density at radius 3 is 2.83 bits per heavy atom. The van der Waals surface area contributed by atoms with Crippen molar-refractivity contribution in [3.8, 4) is 0 Å². The van der Waals surface area contributed by atoms with Gasteiger partial charge in [0.1, 0.15) is 0 Å². The maximum Gasteiger partial charge on any atom is 0.235 e. The molecule has 0 radical (unpaired) electrons. The third kappa shape index (κ3) is 2.99. The fourth-order valence-electron chi connectivity index (χ4n) is 1.84. The van der Waals surface area contributed by atoms with Crippen LogP contribution in [0.15, 0.2) is 24.3 Å². The Morgan fingerprint density at radius 1 is 1.39 bits per heavy atom. The molecule has 0 unspecified atom stereocenters. The zero-order valence-corrected chi connectivity index (χ0v) is 10.6. The van der Waals surface area contributed by atoms with E-state index in [0.717, 1.165) is 0 Å². The second kappa shape index (κ2) is 4.95. The number of carbonyl (C=O) groups excluding carboxylic acids is 1. The van der Waals surface area contributed by atoms with Crippen LogP contribution in [0, 0.1) is 0 Å². The van der Waals surface area contributed by atoms with Crippen LogP contribution in [-0.2, 0) is 20.6 Å². The molecule has 6 nitrogen and oxygen atoms in total. The molecule has 0 aliphatic carbocycles. The van der Waals surface area contributed by atoms with Gasteiger partial charge in [-0.25, -0.2) is 8.42 Å². The number of nitrogens with one attached hydrogen (secondary N) is 1. The molecule has 1 heterocycles. The highest BCUT2D eigenvalue weighted by molar-refractivity contribution is 7.88. The summed E-state index contributed by atoms with van der Waals surface area (Å²) in [5, 5.41) is 2.59. The molecule has 3 N–H and O–H groups in total. The summed E-state index contributed by atoms with van der Waals surface area (Å²) in [6.45, 7) is 0.566. The van der Waals surface area contributed by atoms with Gasteiger partial charge in [0.05, 0.1) is 12.3 Å². The summed E-state index contributed by atoms with van der Waals surface area (Å²) < 4.78 is 25.4. The SMILES string of the molecule is Nc1cccc(CS(=O)(=O)N2CCNC(=O)C2)c1. The van der Waals surface area contributed by atoms with Crippen molar-refractivity contribution in [2.45, 2.75) is 5.75 Å². The van der Waals surface area contributed by atoms with Crippen molar-refractivity contribution in [1.29, 1.82) is 0 Å². The molecule has 98 valence electrons. The van der Waals surface area contributed by atoms with E-state index >= 15 is 0 Å². The number of nitrogen functional groups attached to an aromatic ring is 1. The second-order valence-corrected chi connectivity index (χ2v) is 6.15. The number of carbonyl (C=O) groups is 1. The number of hydrogen-bond acceptors (Lipinski definition) is 4. The van der Waals surface area contributed by atoms with Crippen molar-refractivity contribution in [2.75, 3.05) is 25.4 Å². The van der Waals surface area contributed by atoms with E-state index in [4.69, 9.17) is 5.73 Å². The van der Waals surface area contributed by atoms with Gasteiger partial charge in [0.15, 0.2) is 0 Å². The van der Waals surface area contributed by atoms with E-state index in [1.165, 1.54) is 4.31 Å². The first-order valence-corrected chi connectivity index (χ1v) is 7.17. The summed E-state index contributed by atoms with van der Waals surface area (Å²) >= 11 is 0. The standard InChI is InChI=1S/C11H15N3O3S/c12-10-3-1-2-9(6-10)8-18(16,17)14-5-4-13-11(15)7-14/h1-3,6H,4-5,7-8,12H2,(H,13,15). The monoisotopic (exact) mass is 269 g/mol. The Kier molecular flexibility index (Phi) is 3.53. The highest BCUT2D eigenvalue weighted by atomic mass is 32.2. The Hall–Kier alpha value is -1.60. The Labute approximate surface area is 106 Å². The molecule has 0 aromatic heterocycles. The minimum absolute atomic E-state index is 0.106. The van der Waals surface area contributed by atoms with Crippen LogP contribution in [0.4, 0.5) is 5.69 Å². The van der Waals surface area contributed by atoms with Crippen LogP contribution >= 0.6 is 0 Å². The lowest BCUT2D eigenvalue weighted by Gasteiger charge is -2.25. The molecule has 7 heteroatoms. The number of rotatable bonds is 3. The van der Waals surface area contributed by atoms with Crippen LogP contribution in [0.25, 0.3) is 0 Å². The predicted molar refractivity (Wildman–Crippen MR) is 68.1 cm³/mol. The molecule has 0 atom stereocenters. The molecular weight excluding hydrogens is 254 g/mol. The van der Waals surface area contributed by atoms with Gasteiger partial charge in [-0.15, -0.1) is 0 Å². The first kappa shape index (κ1) is 12.8. The fraction of sp³-hybridized carbons (Fsp3) is 0.364. The molecule has 0 bridgehead atoms. The third-order valence-corrected chi connectivity index (χ3v) is 4.49. The largest absolute Gasteiger partial charge is 0.399 e. The molecule has 1 fully saturated rings. The maximum absolute atomic E-state index is 12.1. The van der Waals surface area contributed by atoms with Gasteiger partial charge in [0.25, 0.3) is 0 Å². The van der Waals surface area contributed by atoms with Crippen LogP contribution in [0.5, 0.6) is 0 Å². The van der Waals surface area contributed by atoms with E-state index in [2.05, 4.69) is 5.32 Å². The fourth-order valence-corrected chi connectivity index (χ4v) is 3.30. The minimum atomic E-state index is -3.47. The van der Waals surface area contributed by atoms with Crippen molar-refractivity contribution in [3.63, 3.8) is 0 Å². The van der Waals surface area contributed by atoms with Gasteiger partial charge >= 0.3 is 0 Å². The first-order chi connectivity index (χ1) is 8.47. The molecular formula is C11H15N3O3S. The van der Waals surface area contributed by atoms with E-state index in [1.807, 2.05) is 0 Å². The summed E-state index contributed by atoms with van der Waals surface area (Å²) in [6, 6.07) is 6.74. The molecule has 1 amide bonds. The maximum atomic E-state index is 12.1. The van der Waals surface area contributed by atoms with E-state index in [1.54, 1.807) is 24.3 Å². The Morgan fingerprint density at radius 2 is 2.17 bits per heavy atom.